The zero-order valence-electron chi connectivity index (χ0n) is 12.1. The van der Waals surface area contributed by atoms with Gasteiger partial charge in [-0.1, -0.05) is 0 Å². The molecule has 0 bridgehead atoms. The van der Waals surface area contributed by atoms with E-state index in [9.17, 15) is 0 Å². The Morgan fingerprint density at radius 1 is 1.42 bits per heavy atom. The van der Waals surface area contributed by atoms with Gasteiger partial charge in [0, 0.05) is 39.0 Å². The average molecular weight is 266 g/mol. The van der Waals surface area contributed by atoms with E-state index in [1.807, 2.05) is 12.5 Å². The molecule has 108 valence electrons. The van der Waals surface area contributed by atoms with Gasteiger partial charge >= 0.3 is 0 Å². The molecule has 5 heteroatoms. The molecule has 1 aromatic rings. The lowest BCUT2D eigenvalue weighted by Crippen LogP contribution is -2.42. The van der Waals surface area contributed by atoms with Gasteiger partial charge in [-0.25, -0.2) is 4.98 Å². The Hall–Kier alpha value is -0.910. The van der Waals surface area contributed by atoms with E-state index in [1.165, 1.54) is 5.69 Å². The molecule has 1 aliphatic rings. The number of imidazole rings is 1. The Balaban J connectivity index is 2.00. The van der Waals surface area contributed by atoms with Gasteiger partial charge in [0.1, 0.15) is 0 Å². The van der Waals surface area contributed by atoms with E-state index in [2.05, 4.69) is 28.3 Å². The minimum absolute atomic E-state index is 0.282. The Morgan fingerprint density at radius 2 is 2.16 bits per heavy atom. The number of ether oxygens (including phenoxy) is 1. The molecular formula is C14H26N4O. The van der Waals surface area contributed by atoms with E-state index in [0.29, 0.717) is 12.6 Å². The monoisotopic (exact) mass is 266 g/mol. The molecule has 1 fully saturated rings. The molecule has 19 heavy (non-hydrogen) atoms. The fraction of sp³-hybridized carbons (Fsp3) is 0.786. The van der Waals surface area contributed by atoms with Crippen LogP contribution in [0, 0.1) is 0 Å². The van der Waals surface area contributed by atoms with Crippen LogP contribution in [0.3, 0.4) is 0 Å². The number of aromatic nitrogens is 2. The minimum Gasteiger partial charge on any atom is -0.378 e. The first-order valence-corrected chi connectivity index (χ1v) is 7.35. The van der Waals surface area contributed by atoms with Crippen molar-refractivity contribution in [3.8, 4) is 0 Å². The van der Waals surface area contributed by atoms with E-state index in [0.717, 1.165) is 39.1 Å². The first-order chi connectivity index (χ1) is 9.30. The highest BCUT2D eigenvalue weighted by atomic mass is 16.5. The molecule has 0 spiro atoms. The highest BCUT2D eigenvalue weighted by Gasteiger charge is 2.27. The van der Waals surface area contributed by atoms with E-state index in [-0.39, 0.29) is 6.04 Å². The molecule has 0 radical (unpaired) electrons. The van der Waals surface area contributed by atoms with E-state index in [4.69, 9.17) is 10.5 Å². The van der Waals surface area contributed by atoms with Gasteiger partial charge in [-0.2, -0.15) is 0 Å². The summed E-state index contributed by atoms with van der Waals surface area (Å²) in [5, 5.41) is 0. The van der Waals surface area contributed by atoms with Crippen molar-refractivity contribution >= 4 is 0 Å². The predicted octanol–water partition coefficient (Wildman–Crippen LogP) is 1.40. The van der Waals surface area contributed by atoms with Crippen molar-refractivity contribution in [1.29, 1.82) is 0 Å². The van der Waals surface area contributed by atoms with Gasteiger partial charge in [0.15, 0.2) is 0 Å². The third-order valence-electron chi connectivity index (χ3n) is 3.97. The lowest BCUT2D eigenvalue weighted by atomic mass is 10.0. The fourth-order valence-electron chi connectivity index (χ4n) is 2.92. The summed E-state index contributed by atoms with van der Waals surface area (Å²) in [6.07, 6.45) is 6.48. The van der Waals surface area contributed by atoms with Gasteiger partial charge < -0.3 is 15.0 Å². The molecule has 2 rings (SSSR count). The summed E-state index contributed by atoms with van der Waals surface area (Å²) in [6.45, 7) is 8.72. The molecule has 0 amide bonds. The maximum atomic E-state index is 6.00. The fourth-order valence-corrected chi connectivity index (χ4v) is 2.92. The van der Waals surface area contributed by atoms with Crippen LogP contribution >= 0.6 is 0 Å². The third kappa shape index (κ3) is 3.35. The van der Waals surface area contributed by atoms with Gasteiger partial charge in [-0.05, 0) is 26.7 Å². The normalized spacial score (nSPS) is 19.7. The van der Waals surface area contributed by atoms with Gasteiger partial charge in [-0.15, -0.1) is 0 Å². The Kier molecular flexibility index (Phi) is 5.36. The van der Waals surface area contributed by atoms with Crippen LogP contribution in [0.15, 0.2) is 12.5 Å². The van der Waals surface area contributed by atoms with Crippen molar-refractivity contribution in [3.63, 3.8) is 0 Å². The van der Waals surface area contributed by atoms with Crippen molar-refractivity contribution in [1.82, 2.24) is 14.5 Å². The second-order valence-corrected chi connectivity index (χ2v) is 5.05. The summed E-state index contributed by atoms with van der Waals surface area (Å²) in [7, 11) is 0. The van der Waals surface area contributed by atoms with Crippen LogP contribution in [-0.4, -0.2) is 46.8 Å². The summed E-state index contributed by atoms with van der Waals surface area (Å²) in [4.78, 5) is 6.73. The number of hydrogen-bond acceptors (Lipinski definition) is 4. The number of piperidine rings is 1. The number of likely N-dealkylation sites (tertiary alicyclic amines) is 1. The van der Waals surface area contributed by atoms with Crippen LogP contribution in [0.1, 0.15) is 38.4 Å². The van der Waals surface area contributed by atoms with Gasteiger partial charge in [0.2, 0.25) is 0 Å². The van der Waals surface area contributed by atoms with Gasteiger partial charge in [0.25, 0.3) is 0 Å². The smallest absolute Gasteiger partial charge is 0.0948 e. The largest absolute Gasteiger partial charge is 0.378 e. The highest BCUT2D eigenvalue weighted by Crippen LogP contribution is 2.24. The number of aryl methyl sites for hydroxylation is 1. The topological polar surface area (TPSA) is 56.3 Å². The van der Waals surface area contributed by atoms with Crippen LogP contribution < -0.4 is 5.73 Å². The van der Waals surface area contributed by atoms with Crippen molar-refractivity contribution in [3.05, 3.63) is 18.2 Å². The highest BCUT2D eigenvalue weighted by molar-refractivity contribution is 5.07. The lowest BCUT2D eigenvalue weighted by molar-refractivity contribution is 0.00374. The van der Waals surface area contributed by atoms with Crippen LogP contribution in [0.25, 0.3) is 0 Å². The molecule has 1 saturated heterocycles. The Bertz CT molecular complexity index is 371. The molecule has 0 aliphatic carbocycles. The van der Waals surface area contributed by atoms with Crippen molar-refractivity contribution < 1.29 is 4.74 Å². The summed E-state index contributed by atoms with van der Waals surface area (Å²) < 4.78 is 7.89. The minimum atomic E-state index is 0.282. The Morgan fingerprint density at radius 3 is 2.74 bits per heavy atom. The van der Waals surface area contributed by atoms with Crippen molar-refractivity contribution in [2.75, 3.05) is 26.2 Å². The standard InChI is InChI=1S/C14H26N4O/c1-3-17-11-16-10-14(17)13(9-15)18-7-5-12(6-8-18)19-4-2/h10-13H,3-9,15H2,1-2H3. The van der Waals surface area contributed by atoms with Crippen molar-refractivity contribution in [2.24, 2.45) is 5.73 Å². The summed E-state index contributed by atoms with van der Waals surface area (Å²) in [6, 6.07) is 0.282. The molecule has 5 nitrogen and oxygen atoms in total. The number of nitrogens with two attached hydrogens (primary N) is 1. The quantitative estimate of drug-likeness (QED) is 0.845. The molecule has 1 aromatic heterocycles. The van der Waals surface area contributed by atoms with E-state index >= 15 is 0 Å². The maximum absolute atomic E-state index is 6.00. The molecule has 2 heterocycles. The van der Waals surface area contributed by atoms with Gasteiger partial charge in [0.05, 0.1) is 24.2 Å². The third-order valence-corrected chi connectivity index (χ3v) is 3.97. The second kappa shape index (κ2) is 7.03. The first kappa shape index (κ1) is 14.5. The van der Waals surface area contributed by atoms with Gasteiger partial charge in [-0.3, -0.25) is 4.90 Å². The van der Waals surface area contributed by atoms with E-state index in [1.54, 1.807) is 0 Å². The number of nitrogens with zero attached hydrogens (tertiary/aromatic N) is 3. The van der Waals surface area contributed by atoms with Crippen molar-refractivity contribution in [2.45, 2.75) is 45.4 Å². The SMILES string of the molecule is CCOC1CCN(C(CN)c2cncn2CC)CC1. The molecular weight excluding hydrogens is 240 g/mol. The zero-order valence-corrected chi connectivity index (χ0v) is 12.1. The molecule has 0 saturated carbocycles. The lowest BCUT2D eigenvalue weighted by Gasteiger charge is -2.37. The molecule has 2 N–H and O–H groups in total. The number of rotatable bonds is 6. The van der Waals surface area contributed by atoms with Crippen LogP contribution in [0.2, 0.25) is 0 Å². The molecule has 0 aromatic carbocycles. The number of hydrogen-bond donors (Lipinski definition) is 1. The first-order valence-electron chi connectivity index (χ1n) is 7.35. The average Bonchev–Trinajstić information content (AvgIpc) is 2.90. The maximum Gasteiger partial charge on any atom is 0.0948 e. The zero-order chi connectivity index (χ0) is 13.7. The molecule has 1 unspecified atom stereocenters. The van der Waals surface area contributed by atoms with Crippen LogP contribution in [0.4, 0.5) is 0 Å². The summed E-state index contributed by atoms with van der Waals surface area (Å²) in [5.74, 6) is 0. The predicted molar refractivity (Wildman–Crippen MR) is 75.9 cm³/mol. The molecule has 1 atom stereocenters. The van der Waals surface area contributed by atoms with Crippen LogP contribution in [-0.2, 0) is 11.3 Å². The van der Waals surface area contributed by atoms with E-state index < -0.39 is 0 Å². The second-order valence-electron chi connectivity index (χ2n) is 5.05. The summed E-state index contributed by atoms with van der Waals surface area (Å²) in [5.41, 5.74) is 7.23. The Labute approximate surface area is 115 Å². The molecule has 1 aliphatic heterocycles. The summed E-state index contributed by atoms with van der Waals surface area (Å²) >= 11 is 0. The van der Waals surface area contributed by atoms with Crippen LogP contribution in [0.5, 0.6) is 0 Å².